The molecule has 0 N–H and O–H groups in total. The van der Waals surface area contributed by atoms with E-state index in [1.807, 2.05) is 0 Å². The maximum atomic E-state index is 9.48. The zero-order chi connectivity index (χ0) is 15.5. The van der Waals surface area contributed by atoms with Crippen LogP contribution >= 0.6 is 0 Å². The molecule has 0 unspecified atom stereocenters. The summed E-state index contributed by atoms with van der Waals surface area (Å²) in [5.41, 5.74) is 0. The van der Waals surface area contributed by atoms with Gasteiger partial charge in [0.05, 0.1) is 0 Å². The number of carboxylic acid groups (broad SMARTS) is 3. The first kappa shape index (κ1) is 38.3. The number of hydrogen-bond acceptors (Lipinski definition) is 9. The minimum atomic E-state index is -1.63. The average molecular weight is 362 g/mol. The summed E-state index contributed by atoms with van der Waals surface area (Å²) >= 11 is 0. The van der Waals surface area contributed by atoms with Crippen molar-refractivity contribution >= 4 is 35.3 Å². The maximum absolute atomic E-state index is 9.48. The van der Waals surface area contributed by atoms with Crippen LogP contribution < -0.4 is 148 Å². The second-order valence-corrected chi connectivity index (χ2v) is 2.53. The van der Waals surface area contributed by atoms with Gasteiger partial charge in [-0.3, -0.25) is 14.4 Å². The molecular weight excluding hydrogens is 353 g/mol. The fraction of sp³-hybridized carbons (Fsp3) is 0.333. The summed E-state index contributed by atoms with van der Waals surface area (Å²) in [6, 6.07) is 0. The van der Waals surface area contributed by atoms with Gasteiger partial charge in [-0.25, -0.2) is 0 Å². The number of hydrogen-bond donors (Lipinski definition) is 0. The van der Waals surface area contributed by atoms with Crippen LogP contribution in [-0.4, -0.2) is 35.3 Å². The van der Waals surface area contributed by atoms with E-state index in [2.05, 4.69) is 0 Å². The van der Waals surface area contributed by atoms with E-state index in [9.17, 15) is 44.1 Å². The minimum absolute atomic E-state index is 0. The topological polar surface area (TPSA) is 172 Å². The Kier molecular flexibility index (Phi) is 43.7. The average Bonchev–Trinajstić information content (AvgIpc) is 2.18. The van der Waals surface area contributed by atoms with Crippen LogP contribution in [-0.2, 0) is 28.8 Å². The molecule has 0 radical (unpaired) electrons. The third-order valence-corrected chi connectivity index (χ3v) is 0.862. The Labute approximate surface area is 227 Å². The summed E-state index contributed by atoms with van der Waals surface area (Å²) in [6.45, 7) is 2.82. The summed E-state index contributed by atoms with van der Waals surface area (Å²) in [4.78, 5) is 56.2. The Bertz CT molecular complexity index is 288. The first-order chi connectivity index (χ1) is 7.93. The number of Topliss-reactive ketones (excluding diaryl/α,β-unsaturated/α-hetero) is 3. The Morgan fingerprint density at radius 2 is 0.571 bits per heavy atom. The summed E-state index contributed by atoms with van der Waals surface area (Å²) in [7, 11) is 0. The molecule has 0 heterocycles. The van der Waals surface area contributed by atoms with E-state index in [4.69, 9.17) is 0 Å². The van der Waals surface area contributed by atoms with Crippen molar-refractivity contribution in [3.8, 4) is 0 Å². The molecule has 0 amide bonds. The predicted octanol–water partition coefficient (Wildman–Crippen LogP) is -14.0. The second kappa shape index (κ2) is 24.0. The van der Waals surface area contributed by atoms with E-state index in [0.29, 0.717) is 0 Å². The Hall–Kier alpha value is 1.69. The van der Waals surface area contributed by atoms with Gasteiger partial charge in [-0.05, 0) is 0 Å². The molecule has 0 fully saturated rings. The third-order valence-electron chi connectivity index (χ3n) is 0.862. The molecule has 0 bridgehead atoms. The van der Waals surface area contributed by atoms with Gasteiger partial charge in [0, 0.05) is 20.8 Å². The molecule has 0 aliphatic heterocycles. The monoisotopic (exact) mass is 362 g/mol. The van der Waals surface area contributed by atoms with Crippen LogP contribution in [0.2, 0.25) is 0 Å². The van der Waals surface area contributed by atoms with Gasteiger partial charge in [0.15, 0.2) is 17.3 Å². The number of ketones is 3. The fourth-order valence-electron chi connectivity index (χ4n) is 0. The molecule has 0 aromatic heterocycles. The molecule has 102 valence electrons. The fourth-order valence-corrected chi connectivity index (χ4v) is 0. The number of carbonyl (C=O) groups is 6. The molecule has 0 aliphatic carbocycles. The number of aliphatic carboxylic acids is 3. The molecule has 0 saturated heterocycles. The van der Waals surface area contributed by atoms with Gasteiger partial charge in [0.25, 0.3) is 0 Å². The maximum Gasteiger partial charge on any atom is 1.00 e. The van der Waals surface area contributed by atoms with Crippen LogP contribution in [0.15, 0.2) is 0 Å². The van der Waals surface area contributed by atoms with Crippen molar-refractivity contribution in [2.45, 2.75) is 20.8 Å². The number of rotatable bonds is 3. The molecule has 21 heavy (non-hydrogen) atoms. The van der Waals surface area contributed by atoms with E-state index in [1.165, 1.54) is 0 Å². The van der Waals surface area contributed by atoms with E-state index < -0.39 is 35.3 Å². The van der Waals surface area contributed by atoms with Crippen LogP contribution in [0.4, 0.5) is 0 Å². The van der Waals surface area contributed by atoms with Crippen molar-refractivity contribution in [1.29, 1.82) is 0 Å². The quantitative estimate of drug-likeness (QED) is 0.349. The molecule has 0 aliphatic rings. The van der Waals surface area contributed by atoms with Crippen molar-refractivity contribution in [2.75, 3.05) is 0 Å². The van der Waals surface area contributed by atoms with Crippen molar-refractivity contribution < 1.29 is 176 Å². The summed E-state index contributed by atoms with van der Waals surface area (Å²) in [5.74, 6) is -7.69. The standard InChI is InChI=1S/3C3H4O3.2K.Na/c3*1-2(4)3(5)6;;;/h3*1H3,(H,5,6);;;/q;;;3*+1/p-3. The van der Waals surface area contributed by atoms with Gasteiger partial charge in [-0.15, -0.1) is 0 Å². The van der Waals surface area contributed by atoms with Gasteiger partial charge in [0.1, 0.15) is 17.9 Å². The van der Waals surface area contributed by atoms with Crippen molar-refractivity contribution in [3.63, 3.8) is 0 Å². The molecule has 12 heteroatoms. The normalized spacial score (nSPS) is 6.43. The molecule has 9 nitrogen and oxygen atoms in total. The van der Waals surface area contributed by atoms with Crippen LogP contribution in [0.25, 0.3) is 0 Å². The van der Waals surface area contributed by atoms with Crippen LogP contribution in [0, 0.1) is 0 Å². The summed E-state index contributed by atoms with van der Waals surface area (Å²) < 4.78 is 0. The number of carboxylic acids is 3. The van der Waals surface area contributed by atoms with Gasteiger partial charge >= 0.3 is 132 Å². The Balaban J connectivity index is -0.0000000375. The molecular formula is C9H9K2NaO9. The zero-order valence-corrected chi connectivity index (χ0v) is 20.9. The van der Waals surface area contributed by atoms with Crippen molar-refractivity contribution in [3.05, 3.63) is 0 Å². The van der Waals surface area contributed by atoms with E-state index in [0.717, 1.165) is 20.8 Å². The van der Waals surface area contributed by atoms with Gasteiger partial charge in [-0.1, -0.05) is 0 Å². The molecule has 0 atom stereocenters. The molecule has 0 aromatic carbocycles. The van der Waals surface area contributed by atoms with Crippen LogP contribution in [0.1, 0.15) is 20.8 Å². The van der Waals surface area contributed by atoms with Crippen LogP contribution in [0.5, 0.6) is 0 Å². The van der Waals surface area contributed by atoms with E-state index >= 15 is 0 Å². The first-order valence-electron chi connectivity index (χ1n) is 4.09. The third kappa shape index (κ3) is 44.9. The summed E-state index contributed by atoms with van der Waals surface area (Å²) in [5, 5.41) is 27.7. The Morgan fingerprint density at radius 3 is 0.571 bits per heavy atom. The minimum Gasteiger partial charge on any atom is -0.542 e. The van der Waals surface area contributed by atoms with Crippen molar-refractivity contribution in [1.82, 2.24) is 0 Å². The van der Waals surface area contributed by atoms with Crippen molar-refractivity contribution in [2.24, 2.45) is 0 Å². The van der Waals surface area contributed by atoms with Crippen LogP contribution in [0.3, 0.4) is 0 Å². The molecule has 0 spiro atoms. The first-order valence-corrected chi connectivity index (χ1v) is 4.09. The largest absolute Gasteiger partial charge is 1.00 e. The van der Waals surface area contributed by atoms with E-state index in [-0.39, 0.29) is 132 Å². The predicted molar refractivity (Wildman–Crippen MR) is 47.1 cm³/mol. The molecule has 0 saturated carbocycles. The van der Waals surface area contributed by atoms with Gasteiger partial charge < -0.3 is 29.7 Å². The smallest absolute Gasteiger partial charge is 0.542 e. The Morgan fingerprint density at radius 1 is 0.524 bits per heavy atom. The number of carbonyl (C=O) groups excluding carboxylic acids is 6. The summed E-state index contributed by atoms with van der Waals surface area (Å²) in [6.07, 6.45) is 0. The molecule has 0 aromatic rings. The van der Waals surface area contributed by atoms with Gasteiger partial charge in [-0.2, -0.15) is 0 Å². The second-order valence-electron chi connectivity index (χ2n) is 2.53. The van der Waals surface area contributed by atoms with E-state index in [1.54, 1.807) is 0 Å². The molecule has 0 rings (SSSR count). The van der Waals surface area contributed by atoms with Gasteiger partial charge in [0.2, 0.25) is 0 Å². The zero-order valence-electron chi connectivity index (χ0n) is 12.7. The SMILES string of the molecule is CC(=O)C(=O)[O-].CC(=O)C(=O)[O-].CC(=O)C(=O)[O-].[K+].[K+].[Na+].